The van der Waals surface area contributed by atoms with Gasteiger partial charge in [-0.3, -0.25) is 4.79 Å². The number of hydrogen-bond donors (Lipinski definition) is 1. The first-order chi connectivity index (χ1) is 9.92. The number of carboxylic acids is 1. The fraction of sp³-hybridized carbons (Fsp3) is 0.846. The van der Waals surface area contributed by atoms with Crippen molar-refractivity contribution in [2.45, 2.75) is 33.3 Å². The molecule has 1 saturated heterocycles. The molecule has 0 aromatic rings. The average molecular weight is 336 g/mol. The van der Waals surface area contributed by atoms with Crippen LogP contribution in [0.15, 0.2) is 0 Å². The minimum Gasteiger partial charge on any atom is -0.481 e. The smallest absolute Gasteiger partial charge is 0.410 e. The zero-order valence-electron chi connectivity index (χ0n) is 13.4. The molecule has 9 heteroatoms. The molecule has 0 bridgehead atoms. The van der Waals surface area contributed by atoms with Crippen molar-refractivity contribution < 1.29 is 27.9 Å². The maximum absolute atomic E-state index is 12.1. The van der Waals surface area contributed by atoms with Crippen molar-refractivity contribution in [2.75, 3.05) is 31.9 Å². The summed E-state index contributed by atoms with van der Waals surface area (Å²) in [5.74, 6) is -2.54. The normalized spacial score (nSPS) is 18.8. The molecule has 1 atom stereocenters. The third-order valence-corrected chi connectivity index (χ3v) is 5.24. The third kappa shape index (κ3) is 5.45. The second kappa shape index (κ2) is 6.82. The molecular weight excluding hydrogens is 312 g/mol. The van der Waals surface area contributed by atoms with E-state index < -0.39 is 39.4 Å². The van der Waals surface area contributed by atoms with Gasteiger partial charge in [-0.2, -0.15) is 4.31 Å². The van der Waals surface area contributed by atoms with Gasteiger partial charge >= 0.3 is 12.1 Å². The highest BCUT2D eigenvalue weighted by Crippen LogP contribution is 2.15. The largest absolute Gasteiger partial charge is 0.481 e. The van der Waals surface area contributed by atoms with Gasteiger partial charge in [-0.1, -0.05) is 6.92 Å². The van der Waals surface area contributed by atoms with Gasteiger partial charge in [0, 0.05) is 26.2 Å². The molecule has 1 fully saturated rings. The van der Waals surface area contributed by atoms with E-state index in [0.717, 1.165) is 0 Å². The predicted octanol–water partition coefficient (Wildman–Crippen LogP) is 0.590. The fourth-order valence-corrected chi connectivity index (χ4v) is 3.67. The number of nitrogens with zero attached hydrogens (tertiary/aromatic N) is 2. The van der Waals surface area contributed by atoms with Crippen LogP contribution in [0.3, 0.4) is 0 Å². The first-order valence-electron chi connectivity index (χ1n) is 7.11. The summed E-state index contributed by atoms with van der Waals surface area (Å²) in [5, 5.41) is 8.81. The van der Waals surface area contributed by atoms with Crippen molar-refractivity contribution in [1.82, 2.24) is 9.21 Å². The Morgan fingerprint density at radius 2 is 1.68 bits per heavy atom. The Labute approximate surface area is 131 Å². The van der Waals surface area contributed by atoms with E-state index in [1.165, 1.54) is 16.1 Å². The van der Waals surface area contributed by atoms with Crippen LogP contribution in [0, 0.1) is 5.92 Å². The highest BCUT2D eigenvalue weighted by molar-refractivity contribution is 7.89. The van der Waals surface area contributed by atoms with E-state index in [2.05, 4.69) is 0 Å². The molecule has 1 N–H and O–H groups in total. The molecule has 1 heterocycles. The van der Waals surface area contributed by atoms with Crippen LogP contribution in [0.5, 0.6) is 0 Å². The lowest BCUT2D eigenvalue weighted by Gasteiger charge is -2.35. The first-order valence-corrected chi connectivity index (χ1v) is 8.72. The molecule has 1 aliphatic heterocycles. The minimum absolute atomic E-state index is 0.147. The summed E-state index contributed by atoms with van der Waals surface area (Å²) in [6, 6.07) is 0. The molecule has 22 heavy (non-hydrogen) atoms. The Hall–Kier alpha value is -1.35. The second-order valence-electron chi connectivity index (χ2n) is 6.38. The number of rotatable bonds is 4. The topological polar surface area (TPSA) is 104 Å². The molecule has 0 aromatic carbocycles. The van der Waals surface area contributed by atoms with Gasteiger partial charge < -0.3 is 14.7 Å². The summed E-state index contributed by atoms with van der Waals surface area (Å²) >= 11 is 0. The van der Waals surface area contributed by atoms with E-state index in [4.69, 9.17) is 9.84 Å². The average Bonchev–Trinajstić information content (AvgIpc) is 2.36. The van der Waals surface area contributed by atoms with E-state index >= 15 is 0 Å². The van der Waals surface area contributed by atoms with Gasteiger partial charge in [-0.15, -0.1) is 0 Å². The van der Waals surface area contributed by atoms with Gasteiger partial charge in [0.05, 0.1) is 11.7 Å². The molecule has 128 valence electrons. The third-order valence-electron chi connectivity index (χ3n) is 3.17. The summed E-state index contributed by atoms with van der Waals surface area (Å²) in [7, 11) is -3.64. The van der Waals surface area contributed by atoms with Crippen LogP contribution in [-0.2, 0) is 19.6 Å². The van der Waals surface area contributed by atoms with Crippen molar-refractivity contribution in [2.24, 2.45) is 5.92 Å². The molecule has 0 saturated carbocycles. The second-order valence-corrected chi connectivity index (χ2v) is 8.40. The zero-order chi connectivity index (χ0) is 17.1. The standard InChI is InChI=1S/C13H24N2O6S/c1-10(11(16)17)9-22(19,20)15-7-5-14(6-8-15)12(18)21-13(2,3)4/h10H,5-9H2,1-4H3,(H,16,17). The first kappa shape index (κ1) is 18.7. The molecule has 0 aliphatic carbocycles. The maximum atomic E-state index is 12.1. The highest BCUT2D eigenvalue weighted by atomic mass is 32.2. The molecule has 1 rings (SSSR count). The molecule has 0 aromatic heterocycles. The Bertz CT molecular complexity index is 517. The summed E-state index contributed by atoms with van der Waals surface area (Å²) in [6.45, 7) is 7.40. The van der Waals surface area contributed by atoms with E-state index in [1.807, 2.05) is 0 Å². The summed E-state index contributed by atoms with van der Waals surface area (Å²) in [4.78, 5) is 24.1. The molecule has 1 amide bonds. The number of hydrogen-bond acceptors (Lipinski definition) is 5. The Morgan fingerprint density at radius 1 is 1.18 bits per heavy atom. The van der Waals surface area contributed by atoms with Crippen LogP contribution in [-0.4, -0.2) is 72.3 Å². The molecule has 0 spiro atoms. The van der Waals surface area contributed by atoms with E-state index in [-0.39, 0.29) is 26.2 Å². The monoisotopic (exact) mass is 336 g/mol. The van der Waals surface area contributed by atoms with E-state index in [0.29, 0.717) is 0 Å². The van der Waals surface area contributed by atoms with Crippen molar-refractivity contribution in [3.63, 3.8) is 0 Å². The van der Waals surface area contributed by atoms with Gasteiger partial charge in [0.1, 0.15) is 5.60 Å². The number of amides is 1. The van der Waals surface area contributed by atoms with Crippen LogP contribution in [0.1, 0.15) is 27.7 Å². The van der Waals surface area contributed by atoms with Crippen LogP contribution in [0.4, 0.5) is 4.79 Å². The van der Waals surface area contributed by atoms with Gasteiger partial charge in [0.15, 0.2) is 0 Å². The van der Waals surface area contributed by atoms with Crippen molar-refractivity contribution >= 4 is 22.1 Å². The lowest BCUT2D eigenvalue weighted by molar-refractivity contribution is -0.140. The molecule has 1 aliphatic rings. The van der Waals surface area contributed by atoms with Gasteiger partial charge in [-0.25, -0.2) is 13.2 Å². The van der Waals surface area contributed by atoms with Crippen LogP contribution in [0.25, 0.3) is 0 Å². The number of carbonyl (C=O) groups excluding carboxylic acids is 1. The van der Waals surface area contributed by atoms with Gasteiger partial charge in [0.2, 0.25) is 10.0 Å². The van der Waals surface area contributed by atoms with E-state index in [1.54, 1.807) is 20.8 Å². The fourth-order valence-electron chi connectivity index (χ4n) is 1.97. The van der Waals surface area contributed by atoms with Crippen LogP contribution >= 0.6 is 0 Å². The summed E-state index contributed by atoms with van der Waals surface area (Å²) in [6.07, 6.45) is -0.469. The number of piperazine rings is 1. The predicted molar refractivity (Wildman–Crippen MR) is 80.0 cm³/mol. The Kier molecular flexibility index (Phi) is 5.80. The lowest BCUT2D eigenvalue weighted by atomic mass is 10.2. The molecular formula is C13H24N2O6S. The minimum atomic E-state index is -3.64. The van der Waals surface area contributed by atoms with Crippen molar-refractivity contribution in [3.8, 4) is 0 Å². The number of carbonyl (C=O) groups is 2. The van der Waals surface area contributed by atoms with Crippen LogP contribution in [0.2, 0.25) is 0 Å². The molecule has 8 nitrogen and oxygen atoms in total. The summed E-state index contributed by atoms with van der Waals surface area (Å²) in [5.41, 5.74) is -0.600. The molecule has 1 unspecified atom stereocenters. The number of sulfonamides is 1. The Morgan fingerprint density at radius 3 is 2.09 bits per heavy atom. The summed E-state index contributed by atoms with van der Waals surface area (Å²) < 4.78 is 30.7. The molecule has 0 radical (unpaired) electrons. The SMILES string of the molecule is CC(CS(=O)(=O)N1CCN(C(=O)OC(C)(C)C)CC1)C(=O)O. The Balaban J connectivity index is 2.58. The van der Waals surface area contributed by atoms with Gasteiger partial charge in [-0.05, 0) is 20.8 Å². The lowest BCUT2D eigenvalue weighted by Crippen LogP contribution is -2.52. The van der Waals surface area contributed by atoms with Crippen molar-refractivity contribution in [1.29, 1.82) is 0 Å². The number of ether oxygens (including phenoxy) is 1. The number of carboxylic acid groups (broad SMARTS) is 1. The zero-order valence-corrected chi connectivity index (χ0v) is 14.2. The van der Waals surface area contributed by atoms with E-state index in [9.17, 15) is 18.0 Å². The van der Waals surface area contributed by atoms with Crippen LogP contribution < -0.4 is 0 Å². The van der Waals surface area contributed by atoms with Crippen molar-refractivity contribution in [3.05, 3.63) is 0 Å². The number of aliphatic carboxylic acids is 1. The maximum Gasteiger partial charge on any atom is 0.410 e. The highest BCUT2D eigenvalue weighted by Gasteiger charge is 2.32. The van der Waals surface area contributed by atoms with Gasteiger partial charge in [0.25, 0.3) is 0 Å². The quantitative estimate of drug-likeness (QED) is 0.806.